The number of nitrogens with one attached hydrogen (secondary N) is 1. The van der Waals surface area contributed by atoms with E-state index in [1.807, 2.05) is 19.1 Å². The highest BCUT2D eigenvalue weighted by atomic mass is 79.9. The minimum atomic E-state index is -2.78. The second kappa shape index (κ2) is 4.94. The van der Waals surface area contributed by atoms with Gasteiger partial charge < -0.3 is 5.32 Å². The molecule has 1 aliphatic heterocycles. The molecule has 1 unspecified atom stereocenters. The fourth-order valence-corrected chi connectivity index (χ4v) is 4.01. The summed E-state index contributed by atoms with van der Waals surface area (Å²) in [6, 6.07) is 3.83. The Bertz CT molecular complexity index is 516. The molecule has 6 heteroatoms. The van der Waals surface area contributed by atoms with Crippen LogP contribution in [0.5, 0.6) is 0 Å². The topological polar surface area (TPSA) is 59.1 Å². The van der Waals surface area contributed by atoms with E-state index in [-0.39, 0.29) is 5.92 Å². The van der Waals surface area contributed by atoms with Gasteiger partial charge in [-0.25, -0.2) is 13.4 Å². The lowest BCUT2D eigenvalue weighted by Crippen LogP contribution is -2.16. The van der Waals surface area contributed by atoms with E-state index in [2.05, 4.69) is 26.2 Å². The van der Waals surface area contributed by atoms with Crippen molar-refractivity contribution < 1.29 is 8.42 Å². The largest absolute Gasteiger partial charge is 0.370 e. The van der Waals surface area contributed by atoms with Gasteiger partial charge in [0, 0.05) is 11.0 Å². The number of anilines is 1. The van der Waals surface area contributed by atoms with E-state index >= 15 is 0 Å². The maximum absolute atomic E-state index is 11.3. The standard InChI is InChI=1S/C11H15BrN2O2S/c1-8-10(12)2-3-11(14-8)13-6-9-4-5-17(15,16)7-9/h2-3,9H,4-7H2,1H3,(H,13,14). The Balaban J connectivity index is 1.92. The molecular formula is C11H15BrN2O2S. The van der Waals surface area contributed by atoms with Gasteiger partial charge >= 0.3 is 0 Å². The number of hydrogen-bond donors (Lipinski definition) is 1. The molecule has 0 bridgehead atoms. The van der Waals surface area contributed by atoms with Gasteiger partial charge in [-0.05, 0) is 47.3 Å². The zero-order chi connectivity index (χ0) is 12.5. The van der Waals surface area contributed by atoms with Gasteiger partial charge in [-0.1, -0.05) is 0 Å². The summed E-state index contributed by atoms with van der Waals surface area (Å²) >= 11 is 3.39. The predicted octanol–water partition coefficient (Wildman–Crippen LogP) is 2.00. The van der Waals surface area contributed by atoms with Crippen LogP contribution < -0.4 is 5.32 Å². The maximum Gasteiger partial charge on any atom is 0.150 e. The van der Waals surface area contributed by atoms with Crippen LogP contribution in [0.4, 0.5) is 5.82 Å². The van der Waals surface area contributed by atoms with E-state index in [9.17, 15) is 8.42 Å². The van der Waals surface area contributed by atoms with Crippen LogP contribution in [-0.2, 0) is 9.84 Å². The van der Waals surface area contributed by atoms with E-state index in [0.29, 0.717) is 18.1 Å². The van der Waals surface area contributed by atoms with Crippen molar-refractivity contribution in [3.8, 4) is 0 Å². The summed E-state index contributed by atoms with van der Waals surface area (Å²) in [5.74, 6) is 1.64. The predicted molar refractivity (Wildman–Crippen MR) is 71.9 cm³/mol. The molecule has 0 aliphatic carbocycles. The minimum Gasteiger partial charge on any atom is -0.370 e. The quantitative estimate of drug-likeness (QED) is 0.926. The summed E-state index contributed by atoms with van der Waals surface area (Å²) in [6.45, 7) is 2.60. The number of aromatic nitrogens is 1. The van der Waals surface area contributed by atoms with E-state index in [1.54, 1.807) is 0 Å². The number of nitrogens with zero attached hydrogens (tertiary/aromatic N) is 1. The second-order valence-corrected chi connectivity index (χ2v) is 7.50. The lowest BCUT2D eigenvalue weighted by molar-refractivity contribution is 0.595. The molecule has 1 fully saturated rings. The molecule has 94 valence electrons. The van der Waals surface area contributed by atoms with E-state index in [4.69, 9.17) is 0 Å². The first-order valence-corrected chi connectivity index (χ1v) is 8.15. The number of sulfone groups is 1. The first-order valence-electron chi connectivity index (χ1n) is 5.54. The van der Waals surface area contributed by atoms with Crippen molar-refractivity contribution in [3.05, 3.63) is 22.3 Å². The Morgan fingerprint density at radius 2 is 2.29 bits per heavy atom. The zero-order valence-electron chi connectivity index (χ0n) is 9.61. The fourth-order valence-electron chi connectivity index (χ4n) is 1.92. The van der Waals surface area contributed by atoms with Crippen LogP contribution in [0.1, 0.15) is 12.1 Å². The molecule has 0 aromatic carbocycles. The third-order valence-corrected chi connectivity index (χ3v) is 5.60. The first kappa shape index (κ1) is 12.8. The third-order valence-electron chi connectivity index (χ3n) is 2.92. The molecule has 0 saturated carbocycles. The van der Waals surface area contributed by atoms with Crippen LogP contribution in [0.3, 0.4) is 0 Å². The minimum absolute atomic E-state index is 0.214. The van der Waals surface area contributed by atoms with Crippen LogP contribution in [0, 0.1) is 12.8 Å². The van der Waals surface area contributed by atoms with E-state index < -0.39 is 9.84 Å². The molecule has 1 aromatic heterocycles. The summed E-state index contributed by atoms with van der Waals surface area (Å²) in [4.78, 5) is 4.36. The number of hydrogen-bond acceptors (Lipinski definition) is 4. The van der Waals surface area contributed by atoms with Gasteiger partial charge in [0.1, 0.15) is 5.82 Å². The van der Waals surface area contributed by atoms with Crippen molar-refractivity contribution in [1.29, 1.82) is 0 Å². The van der Waals surface area contributed by atoms with Crippen molar-refractivity contribution in [2.45, 2.75) is 13.3 Å². The van der Waals surface area contributed by atoms with Crippen molar-refractivity contribution in [2.75, 3.05) is 23.4 Å². The van der Waals surface area contributed by atoms with Crippen LogP contribution in [0.25, 0.3) is 0 Å². The summed E-state index contributed by atoms with van der Waals surface area (Å²) in [5.41, 5.74) is 0.925. The van der Waals surface area contributed by atoms with Gasteiger partial charge in [0.25, 0.3) is 0 Å². The maximum atomic E-state index is 11.3. The van der Waals surface area contributed by atoms with E-state index in [0.717, 1.165) is 22.4 Å². The number of halogens is 1. The summed E-state index contributed by atoms with van der Waals surface area (Å²) < 4.78 is 23.6. The SMILES string of the molecule is Cc1nc(NCC2CCS(=O)(=O)C2)ccc1Br. The van der Waals surface area contributed by atoms with Gasteiger partial charge in [0.15, 0.2) is 9.84 Å². The second-order valence-electron chi connectivity index (χ2n) is 4.41. The number of aryl methyl sites for hydroxylation is 1. The van der Waals surface area contributed by atoms with Crippen molar-refractivity contribution in [3.63, 3.8) is 0 Å². The molecule has 1 aliphatic rings. The Kier molecular flexibility index (Phi) is 3.73. The molecule has 1 aromatic rings. The average molecular weight is 319 g/mol. The lowest BCUT2D eigenvalue weighted by Gasteiger charge is -2.10. The monoisotopic (exact) mass is 318 g/mol. The Labute approximate surface area is 110 Å². The molecule has 0 spiro atoms. The highest BCUT2D eigenvalue weighted by Gasteiger charge is 2.27. The van der Waals surface area contributed by atoms with Crippen LogP contribution in [-0.4, -0.2) is 31.5 Å². The molecule has 1 N–H and O–H groups in total. The van der Waals surface area contributed by atoms with Gasteiger partial charge in [-0.3, -0.25) is 0 Å². The molecule has 17 heavy (non-hydrogen) atoms. The molecule has 0 radical (unpaired) electrons. The molecule has 4 nitrogen and oxygen atoms in total. The Morgan fingerprint density at radius 3 is 2.88 bits per heavy atom. The fraction of sp³-hybridized carbons (Fsp3) is 0.545. The Morgan fingerprint density at radius 1 is 1.53 bits per heavy atom. The first-order chi connectivity index (χ1) is 7.96. The summed E-state index contributed by atoms with van der Waals surface area (Å²) in [6.07, 6.45) is 0.755. The van der Waals surface area contributed by atoms with Crippen molar-refractivity contribution in [1.82, 2.24) is 4.98 Å². The van der Waals surface area contributed by atoms with Crippen molar-refractivity contribution >= 4 is 31.6 Å². The summed E-state index contributed by atoms with van der Waals surface area (Å²) in [7, 11) is -2.78. The van der Waals surface area contributed by atoms with Gasteiger partial charge in [-0.15, -0.1) is 0 Å². The third kappa shape index (κ3) is 3.42. The normalized spacial score (nSPS) is 22.6. The molecule has 2 heterocycles. The molecular weight excluding hydrogens is 304 g/mol. The highest BCUT2D eigenvalue weighted by Crippen LogP contribution is 2.20. The highest BCUT2D eigenvalue weighted by molar-refractivity contribution is 9.10. The van der Waals surface area contributed by atoms with Gasteiger partial charge in [0.2, 0.25) is 0 Å². The average Bonchev–Trinajstić information content (AvgIpc) is 2.60. The van der Waals surface area contributed by atoms with Gasteiger partial charge in [0.05, 0.1) is 17.2 Å². The Hall–Kier alpha value is -0.620. The smallest absolute Gasteiger partial charge is 0.150 e. The van der Waals surface area contributed by atoms with Crippen molar-refractivity contribution in [2.24, 2.45) is 5.92 Å². The zero-order valence-corrected chi connectivity index (χ0v) is 12.0. The molecule has 1 saturated heterocycles. The number of rotatable bonds is 3. The van der Waals surface area contributed by atoms with Crippen LogP contribution >= 0.6 is 15.9 Å². The van der Waals surface area contributed by atoms with Crippen LogP contribution in [0.2, 0.25) is 0 Å². The lowest BCUT2D eigenvalue weighted by atomic mass is 10.1. The number of pyridine rings is 1. The summed E-state index contributed by atoms with van der Waals surface area (Å²) in [5, 5.41) is 3.20. The van der Waals surface area contributed by atoms with Crippen LogP contribution in [0.15, 0.2) is 16.6 Å². The van der Waals surface area contributed by atoms with E-state index in [1.165, 1.54) is 0 Å². The van der Waals surface area contributed by atoms with Gasteiger partial charge in [-0.2, -0.15) is 0 Å². The molecule has 0 amide bonds. The molecule has 1 atom stereocenters. The molecule has 2 rings (SSSR count).